The molecule has 0 radical (unpaired) electrons. The van der Waals surface area contributed by atoms with Crippen molar-refractivity contribution in [1.29, 1.82) is 0 Å². The van der Waals surface area contributed by atoms with Crippen LogP contribution >= 0.6 is 0 Å². The topological polar surface area (TPSA) is 84.2 Å². The molecule has 0 fully saturated rings. The number of nitrogens with one attached hydrogen (secondary N) is 1. The molecule has 2 rings (SSSR count). The third-order valence-electron chi connectivity index (χ3n) is 3.48. The number of carboxylic acids is 1. The average molecular weight is 287 g/mol. The molecule has 2 aromatic rings. The van der Waals surface area contributed by atoms with Crippen LogP contribution in [0, 0.1) is 6.92 Å². The number of nitrogens with zero attached hydrogens (tertiary/aromatic N) is 2. The second-order valence-corrected chi connectivity index (χ2v) is 4.89. The first-order valence-corrected chi connectivity index (χ1v) is 6.53. The van der Waals surface area contributed by atoms with Gasteiger partial charge in [0.25, 0.3) is 5.91 Å². The summed E-state index contributed by atoms with van der Waals surface area (Å²) in [4.78, 5) is 22.9. The van der Waals surface area contributed by atoms with Crippen molar-refractivity contribution in [3.05, 3.63) is 52.8 Å². The second kappa shape index (κ2) is 5.78. The zero-order valence-corrected chi connectivity index (χ0v) is 12.1. The minimum Gasteiger partial charge on any atom is -0.478 e. The minimum atomic E-state index is -1.01. The first-order valence-electron chi connectivity index (χ1n) is 6.53. The zero-order valence-electron chi connectivity index (χ0n) is 12.1. The predicted octanol–water partition coefficient (Wildman–Crippen LogP) is 1.92. The molecule has 0 aliphatic heterocycles. The summed E-state index contributed by atoms with van der Waals surface area (Å²) in [7, 11) is 1.85. The fourth-order valence-corrected chi connectivity index (χ4v) is 2.06. The van der Waals surface area contributed by atoms with Crippen molar-refractivity contribution in [2.24, 2.45) is 7.05 Å². The third kappa shape index (κ3) is 3.10. The highest BCUT2D eigenvalue weighted by molar-refractivity contribution is 5.96. The molecular weight excluding hydrogens is 270 g/mol. The van der Waals surface area contributed by atoms with Crippen molar-refractivity contribution in [2.75, 3.05) is 0 Å². The van der Waals surface area contributed by atoms with Crippen molar-refractivity contribution < 1.29 is 14.7 Å². The molecule has 1 unspecified atom stereocenters. The van der Waals surface area contributed by atoms with E-state index in [1.165, 1.54) is 24.3 Å². The number of carboxylic acid groups (broad SMARTS) is 1. The van der Waals surface area contributed by atoms with Crippen LogP contribution in [0.25, 0.3) is 0 Å². The van der Waals surface area contributed by atoms with E-state index >= 15 is 0 Å². The molecule has 0 bridgehead atoms. The number of aromatic carboxylic acids is 1. The third-order valence-corrected chi connectivity index (χ3v) is 3.48. The van der Waals surface area contributed by atoms with Crippen molar-refractivity contribution in [3.8, 4) is 0 Å². The highest BCUT2D eigenvalue weighted by atomic mass is 16.4. The van der Waals surface area contributed by atoms with Gasteiger partial charge in [0.05, 0.1) is 17.8 Å². The fraction of sp³-hybridized carbons (Fsp3) is 0.267. The maximum Gasteiger partial charge on any atom is 0.335 e. The lowest BCUT2D eigenvalue weighted by atomic mass is 10.1. The highest BCUT2D eigenvalue weighted by Crippen LogP contribution is 2.16. The van der Waals surface area contributed by atoms with Crippen molar-refractivity contribution in [3.63, 3.8) is 0 Å². The van der Waals surface area contributed by atoms with Crippen molar-refractivity contribution in [2.45, 2.75) is 19.9 Å². The molecule has 21 heavy (non-hydrogen) atoms. The summed E-state index contributed by atoms with van der Waals surface area (Å²) < 4.78 is 1.75. The maximum absolute atomic E-state index is 12.1. The molecule has 0 saturated heterocycles. The predicted molar refractivity (Wildman–Crippen MR) is 77.2 cm³/mol. The number of rotatable bonds is 4. The Balaban J connectivity index is 2.10. The van der Waals surface area contributed by atoms with Crippen LogP contribution in [-0.2, 0) is 7.05 Å². The summed E-state index contributed by atoms with van der Waals surface area (Å²) in [5, 5.41) is 15.9. The van der Waals surface area contributed by atoms with Gasteiger partial charge in [-0.15, -0.1) is 0 Å². The van der Waals surface area contributed by atoms with Gasteiger partial charge in [-0.3, -0.25) is 9.48 Å². The van der Waals surface area contributed by atoms with Gasteiger partial charge in [0, 0.05) is 23.9 Å². The van der Waals surface area contributed by atoms with Gasteiger partial charge in [-0.1, -0.05) is 0 Å². The van der Waals surface area contributed by atoms with Crippen LogP contribution < -0.4 is 5.32 Å². The van der Waals surface area contributed by atoms with Gasteiger partial charge in [-0.2, -0.15) is 5.10 Å². The standard InChI is InChI=1S/C15H17N3O3/c1-9(13-8-16-18(3)10(13)2)17-14(19)11-4-6-12(7-5-11)15(20)21/h4-9H,1-3H3,(H,17,19)(H,20,21). The summed E-state index contributed by atoms with van der Waals surface area (Å²) in [6.07, 6.45) is 1.73. The lowest BCUT2D eigenvalue weighted by molar-refractivity contribution is 0.0696. The lowest BCUT2D eigenvalue weighted by Gasteiger charge is -2.14. The highest BCUT2D eigenvalue weighted by Gasteiger charge is 2.15. The molecule has 2 N–H and O–H groups in total. The molecule has 1 amide bonds. The van der Waals surface area contributed by atoms with Gasteiger partial charge >= 0.3 is 5.97 Å². The number of carbonyl (C=O) groups excluding carboxylic acids is 1. The second-order valence-electron chi connectivity index (χ2n) is 4.89. The number of benzene rings is 1. The number of amides is 1. The van der Waals surface area contributed by atoms with Crippen LogP contribution in [0.3, 0.4) is 0 Å². The Hall–Kier alpha value is -2.63. The molecule has 1 aromatic carbocycles. The Bertz CT molecular complexity index is 674. The number of hydrogen-bond acceptors (Lipinski definition) is 3. The molecular formula is C15H17N3O3. The van der Waals surface area contributed by atoms with E-state index in [2.05, 4.69) is 10.4 Å². The van der Waals surface area contributed by atoms with Crippen LogP contribution in [0.5, 0.6) is 0 Å². The van der Waals surface area contributed by atoms with E-state index < -0.39 is 5.97 Å². The Kier molecular flexibility index (Phi) is 4.07. The van der Waals surface area contributed by atoms with Gasteiger partial charge < -0.3 is 10.4 Å². The van der Waals surface area contributed by atoms with Crippen molar-refractivity contribution >= 4 is 11.9 Å². The molecule has 1 aromatic heterocycles. The van der Waals surface area contributed by atoms with Gasteiger partial charge in [-0.05, 0) is 38.1 Å². The largest absolute Gasteiger partial charge is 0.478 e. The number of aromatic nitrogens is 2. The van der Waals surface area contributed by atoms with Gasteiger partial charge in [0.1, 0.15) is 0 Å². The summed E-state index contributed by atoms with van der Waals surface area (Å²) in [5.74, 6) is -1.26. The van der Waals surface area contributed by atoms with Crippen LogP contribution in [0.15, 0.2) is 30.5 Å². The number of carbonyl (C=O) groups is 2. The van der Waals surface area contributed by atoms with Gasteiger partial charge in [0.15, 0.2) is 0 Å². The first kappa shape index (κ1) is 14.8. The molecule has 0 aliphatic carbocycles. The molecule has 0 saturated carbocycles. The van der Waals surface area contributed by atoms with Crippen LogP contribution in [0.2, 0.25) is 0 Å². The maximum atomic E-state index is 12.1. The van der Waals surface area contributed by atoms with E-state index in [1.807, 2.05) is 20.9 Å². The van der Waals surface area contributed by atoms with E-state index in [0.29, 0.717) is 5.56 Å². The minimum absolute atomic E-state index is 0.155. The molecule has 1 atom stereocenters. The SMILES string of the molecule is Cc1c(C(C)NC(=O)c2ccc(C(=O)O)cc2)cnn1C. The van der Waals surface area contributed by atoms with Crippen LogP contribution in [0.1, 0.15) is 44.9 Å². The normalized spacial score (nSPS) is 12.0. The smallest absolute Gasteiger partial charge is 0.335 e. The summed E-state index contributed by atoms with van der Waals surface area (Å²) in [6, 6.07) is 5.66. The van der Waals surface area contributed by atoms with Crippen LogP contribution in [0.4, 0.5) is 0 Å². The Morgan fingerprint density at radius 3 is 2.29 bits per heavy atom. The van der Waals surface area contributed by atoms with Crippen molar-refractivity contribution in [1.82, 2.24) is 15.1 Å². The number of hydrogen-bond donors (Lipinski definition) is 2. The summed E-state index contributed by atoms with van der Waals surface area (Å²) >= 11 is 0. The first-order chi connectivity index (χ1) is 9.90. The van der Waals surface area contributed by atoms with E-state index in [-0.39, 0.29) is 17.5 Å². The molecule has 6 heteroatoms. The molecule has 6 nitrogen and oxygen atoms in total. The lowest BCUT2D eigenvalue weighted by Crippen LogP contribution is -2.27. The van der Waals surface area contributed by atoms with E-state index in [0.717, 1.165) is 11.3 Å². The van der Waals surface area contributed by atoms with Gasteiger partial charge in [0.2, 0.25) is 0 Å². The molecule has 110 valence electrons. The van der Waals surface area contributed by atoms with Crippen LogP contribution in [-0.4, -0.2) is 26.8 Å². The summed E-state index contributed by atoms with van der Waals surface area (Å²) in [5.41, 5.74) is 2.52. The Morgan fingerprint density at radius 2 is 1.81 bits per heavy atom. The molecule has 0 aliphatic rings. The van der Waals surface area contributed by atoms with E-state index in [9.17, 15) is 9.59 Å². The summed E-state index contributed by atoms with van der Waals surface area (Å²) in [6.45, 7) is 3.82. The molecule has 1 heterocycles. The molecule has 0 spiro atoms. The Morgan fingerprint density at radius 1 is 1.24 bits per heavy atom. The van der Waals surface area contributed by atoms with E-state index in [4.69, 9.17) is 5.11 Å². The van der Waals surface area contributed by atoms with E-state index in [1.54, 1.807) is 10.9 Å². The quantitative estimate of drug-likeness (QED) is 0.899. The van der Waals surface area contributed by atoms with Gasteiger partial charge in [-0.25, -0.2) is 4.79 Å². The fourth-order valence-electron chi connectivity index (χ4n) is 2.06. The average Bonchev–Trinajstić information content (AvgIpc) is 2.79. The Labute approximate surface area is 122 Å². The number of aryl methyl sites for hydroxylation is 1. The zero-order chi connectivity index (χ0) is 15.6. The monoisotopic (exact) mass is 287 g/mol.